The van der Waals surface area contributed by atoms with Gasteiger partial charge in [0.1, 0.15) is 0 Å². The third-order valence-electron chi connectivity index (χ3n) is 6.53. The van der Waals surface area contributed by atoms with E-state index in [-0.39, 0.29) is 5.92 Å². The third kappa shape index (κ3) is 2.88. The summed E-state index contributed by atoms with van der Waals surface area (Å²) in [5.41, 5.74) is 3.71. The number of likely N-dealkylation sites (N-methyl/N-ethyl adjacent to an activating group) is 1. The van der Waals surface area contributed by atoms with Crippen LogP contribution < -0.4 is 0 Å². The first-order chi connectivity index (χ1) is 13.2. The second kappa shape index (κ2) is 6.61. The summed E-state index contributed by atoms with van der Waals surface area (Å²) in [6, 6.07) is 20.2. The lowest BCUT2D eigenvalue weighted by Crippen LogP contribution is -2.44. The predicted molar refractivity (Wildman–Crippen MR) is 106 cm³/mol. The Balaban J connectivity index is 1.54. The van der Waals surface area contributed by atoms with Gasteiger partial charge in [0.25, 0.3) is 0 Å². The van der Waals surface area contributed by atoms with Crippen molar-refractivity contribution in [2.24, 2.45) is 0 Å². The molecule has 2 aromatic carbocycles. The monoisotopic (exact) mass is 359 g/mol. The highest BCUT2D eigenvalue weighted by atomic mass is 16.5. The van der Waals surface area contributed by atoms with Gasteiger partial charge in [0.15, 0.2) is 0 Å². The Hall–Kier alpha value is -2.46. The number of hydrogen-bond donors (Lipinski definition) is 0. The van der Waals surface area contributed by atoms with Gasteiger partial charge in [-0.1, -0.05) is 65.3 Å². The number of aryl methyl sites for hydroxylation is 1. The van der Waals surface area contributed by atoms with Crippen molar-refractivity contribution in [3.63, 3.8) is 0 Å². The number of piperidine rings is 1. The second-order valence-corrected chi connectivity index (χ2v) is 8.06. The van der Waals surface area contributed by atoms with Gasteiger partial charge >= 0.3 is 0 Å². The maximum atomic E-state index is 5.85. The zero-order valence-corrected chi connectivity index (χ0v) is 15.9. The fourth-order valence-corrected chi connectivity index (χ4v) is 5.03. The van der Waals surface area contributed by atoms with Gasteiger partial charge in [0, 0.05) is 17.6 Å². The number of benzene rings is 2. The van der Waals surface area contributed by atoms with E-state index in [0.717, 1.165) is 17.9 Å². The number of fused-ring (bicyclic) bond motifs is 2. The van der Waals surface area contributed by atoms with E-state index in [1.54, 1.807) is 0 Å². The molecule has 3 aromatic rings. The first kappa shape index (κ1) is 16.7. The Bertz CT molecular complexity index is 918. The molecule has 3 heterocycles. The average Bonchev–Trinajstić information content (AvgIpc) is 3.26. The molecule has 0 amide bonds. The highest BCUT2D eigenvalue weighted by Gasteiger charge is 2.48. The van der Waals surface area contributed by atoms with Crippen LogP contribution in [0.15, 0.2) is 59.1 Å². The quantitative estimate of drug-likeness (QED) is 0.675. The molecule has 2 aliphatic rings. The van der Waals surface area contributed by atoms with Crippen LogP contribution in [0, 0.1) is 6.92 Å². The molecule has 27 heavy (non-hydrogen) atoms. The highest BCUT2D eigenvalue weighted by molar-refractivity contribution is 5.53. The van der Waals surface area contributed by atoms with E-state index >= 15 is 0 Å². The smallest absolute Gasteiger partial charge is 0.232 e. The van der Waals surface area contributed by atoms with E-state index < -0.39 is 0 Å². The van der Waals surface area contributed by atoms with Gasteiger partial charge in [-0.3, -0.25) is 4.90 Å². The van der Waals surface area contributed by atoms with Gasteiger partial charge in [0.2, 0.25) is 11.7 Å². The lowest BCUT2D eigenvalue weighted by Gasteiger charge is -2.41. The number of aromatic nitrogens is 2. The summed E-state index contributed by atoms with van der Waals surface area (Å²) < 4.78 is 5.85. The molecule has 0 saturated carbocycles. The van der Waals surface area contributed by atoms with Crippen LogP contribution >= 0.6 is 0 Å². The molecule has 0 aliphatic carbocycles. The van der Waals surface area contributed by atoms with Crippen molar-refractivity contribution >= 4 is 0 Å². The van der Waals surface area contributed by atoms with Crippen molar-refractivity contribution in [1.82, 2.24) is 15.0 Å². The lowest BCUT2D eigenvalue weighted by molar-refractivity contribution is 0.120. The largest absolute Gasteiger partial charge is 0.339 e. The Kier molecular flexibility index (Phi) is 4.09. The first-order valence-electron chi connectivity index (χ1n) is 9.88. The molecule has 0 radical (unpaired) electrons. The molecule has 4 heteroatoms. The summed E-state index contributed by atoms with van der Waals surface area (Å²) in [4.78, 5) is 7.39. The van der Waals surface area contributed by atoms with E-state index in [2.05, 4.69) is 48.3 Å². The Labute approximate surface area is 160 Å². The number of rotatable bonds is 3. The van der Waals surface area contributed by atoms with Crippen molar-refractivity contribution in [1.29, 1.82) is 0 Å². The summed E-state index contributed by atoms with van der Waals surface area (Å²) >= 11 is 0. The molecule has 2 saturated heterocycles. The fraction of sp³-hybridized carbons (Fsp3) is 0.391. The maximum Gasteiger partial charge on any atom is 0.232 e. The van der Waals surface area contributed by atoms with Crippen molar-refractivity contribution in [3.05, 3.63) is 71.6 Å². The predicted octanol–water partition coefficient (Wildman–Crippen LogP) is 4.78. The third-order valence-corrected chi connectivity index (χ3v) is 6.53. The van der Waals surface area contributed by atoms with Gasteiger partial charge in [0.05, 0.1) is 5.92 Å². The van der Waals surface area contributed by atoms with Gasteiger partial charge < -0.3 is 4.52 Å². The van der Waals surface area contributed by atoms with Gasteiger partial charge in [-0.2, -0.15) is 4.98 Å². The van der Waals surface area contributed by atoms with Crippen LogP contribution in [-0.4, -0.2) is 34.2 Å². The van der Waals surface area contributed by atoms with Gasteiger partial charge in [-0.05, 0) is 44.7 Å². The molecule has 2 fully saturated rings. The van der Waals surface area contributed by atoms with Crippen molar-refractivity contribution < 1.29 is 4.52 Å². The Morgan fingerprint density at radius 2 is 1.78 bits per heavy atom. The molecule has 1 aromatic heterocycles. The van der Waals surface area contributed by atoms with Crippen molar-refractivity contribution in [2.75, 3.05) is 7.05 Å². The van der Waals surface area contributed by atoms with Gasteiger partial charge in [-0.15, -0.1) is 0 Å². The zero-order valence-electron chi connectivity index (χ0n) is 15.9. The molecule has 2 unspecified atom stereocenters. The van der Waals surface area contributed by atoms with E-state index in [1.807, 2.05) is 30.3 Å². The fourth-order valence-electron chi connectivity index (χ4n) is 5.03. The van der Waals surface area contributed by atoms with E-state index in [1.165, 1.54) is 24.0 Å². The van der Waals surface area contributed by atoms with Crippen molar-refractivity contribution in [2.45, 2.75) is 50.1 Å². The summed E-state index contributed by atoms with van der Waals surface area (Å²) in [7, 11) is 2.26. The summed E-state index contributed by atoms with van der Waals surface area (Å²) in [6.07, 6.45) is 3.63. The van der Waals surface area contributed by atoms with Crippen LogP contribution in [0.2, 0.25) is 0 Å². The zero-order chi connectivity index (χ0) is 18.4. The molecule has 2 aliphatic heterocycles. The summed E-state index contributed by atoms with van der Waals surface area (Å²) in [5, 5.41) is 4.31. The molecular weight excluding hydrogens is 334 g/mol. The minimum absolute atomic E-state index is 0.251. The molecule has 4 nitrogen and oxygen atoms in total. The Morgan fingerprint density at radius 1 is 1.00 bits per heavy atom. The SMILES string of the molecule is Cc1ccc([C@H]2CC3CCC([C@@H]2c2nc(-c4ccccc4)no2)N3C)cc1. The maximum absolute atomic E-state index is 5.85. The number of hydrogen-bond acceptors (Lipinski definition) is 4. The molecule has 138 valence electrons. The Morgan fingerprint density at radius 3 is 2.56 bits per heavy atom. The van der Waals surface area contributed by atoms with E-state index in [4.69, 9.17) is 9.51 Å². The van der Waals surface area contributed by atoms with Crippen LogP contribution in [0.4, 0.5) is 0 Å². The average molecular weight is 359 g/mol. The van der Waals surface area contributed by atoms with Crippen molar-refractivity contribution in [3.8, 4) is 11.4 Å². The number of nitrogens with zero attached hydrogens (tertiary/aromatic N) is 3. The lowest BCUT2D eigenvalue weighted by atomic mass is 9.76. The molecule has 0 spiro atoms. The molecule has 2 bridgehead atoms. The van der Waals surface area contributed by atoms with Crippen LogP contribution in [0.3, 0.4) is 0 Å². The summed E-state index contributed by atoms with van der Waals surface area (Å²) in [6.45, 7) is 2.14. The minimum atomic E-state index is 0.251. The van der Waals surface area contributed by atoms with E-state index in [0.29, 0.717) is 23.8 Å². The highest BCUT2D eigenvalue weighted by Crippen LogP contribution is 2.50. The molecule has 0 N–H and O–H groups in total. The van der Waals surface area contributed by atoms with Crippen LogP contribution in [0.25, 0.3) is 11.4 Å². The molecule has 5 rings (SSSR count). The normalized spacial score (nSPS) is 27.8. The minimum Gasteiger partial charge on any atom is -0.339 e. The topological polar surface area (TPSA) is 42.2 Å². The summed E-state index contributed by atoms with van der Waals surface area (Å²) in [5.74, 6) is 2.16. The molecular formula is C23H25N3O. The van der Waals surface area contributed by atoms with Crippen LogP contribution in [-0.2, 0) is 0 Å². The first-order valence-corrected chi connectivity index (χ1v) is 9.88. The standard InChI is InChI=1S/C23H25N3O/c1-15-8-10-16(11-9-15)19-14-18-12-13-20(26(18)2)21(19)23-24-22(25-27-23)17-6-4-3-5-7-17/h3-11,18-21H,12-14H2,1-2H3/t18?,19-,20?,21-/m1/s1. The van der Waals surface area contributed by atoms with Gasteiger partial charge in [-0.25, -0.2) is 0 Å². The van der Waals surface area contributed by atoms with Crippen LogP contribution in [0.1, 0.15) is 48.1 Å². The van der Waals surface area contributed by atoms with E-state index in [9.17, 15) is 0 Å². The second-order valence-electron chi connectivity index (χ2n) is 8.06. The van der Waals surface area contributed by atoms with Crippen LogP contribution in [0.5, 0.6) is 0 Å². The molecule has 4 atom stereocenters.